The minimum Gasteiger partial charge on any atom is -0.298 e. The maximum Gasteiger partial charge on any atom is 0.164 e. The molecule has 1 aromatic rings. The first-order chi connectivity index (χ1) is 9.37. The Bertz CT molecular complexity index is 578. The molecule has 1 saturated heterocycles. The van der Waals surface area contributed by atoms with E-state index in [4.69, 9.17) is 0 Å². The molecule has 0 aliphatic carbocycles. The van der Waals surface area contributed by atoms with E-state index in [1.807, 2.05) is 38.1 Å². The Labute approximate surface area is 120 Å². The molecule has 1 atom stereocenters. The van der Waals surface area contributed by atoms with Gasteiger partial charge in [0.05, 0.1) is 11.5 Å². The number of hydrogen-bond acceptors (Lipinski definition) is 4. The highest BCUT2D eigenvalue weighted by Crippen LogP contribution is 2.13. The number of aryl methyl sites for hydroxylation is 1. The van der Waals surface area contributed by atoms with Gasteiger partial charge in [0, 0.05) is 31.1 Å². The highest BCUT2D eigenvalue weighted by molar-refractivity contribution is 7.91. The number of carbonyl (C=O) groups excluding carboxylic acids is 1. The fraction of sp³-hybridized carbons (Fsp3) is 0.533. The SMILES string of the molecule is Cc1ccc(C(=O)CCN2CCS(=O)(=O)CC2C)cc1. The van der Waals surface area contributed by atoms with Crippen molar-refractivity contribution in [1.82, 2.24) is 4.90 Å². The van der Waals surface area contributed by atoms with E-state index in [0.717, 1.165) is 11.1 Å². The highest BCUT2D eigenvalue weighted by atomic mass is 32.2. The normalized spacial score (nSPS) is 22.6. The second kappa shape index (κ2) is 6.06. The lowest BCUT2D eigenvalue weighted by Gasteiger charge is -2.32. The predicted octanol–water partition coefficient (Wildman–Crippen LogP) is 1.69. The summed E-state index contributed by atoms with van der Waals surface area (Å²) >= 11 is 0. The number of ketones is 1. The minimum absolute atomic E-state index is 0.000400. The van der Waals surface area contributed by atoms with Crippen LogP contribution in [0.5, 0.6) is 0 Å². The molecule has 110 valence electrons. The van der Waals surface area contributed by atoms with E-state index in [2.05, 4.69) is 4.90 Å². The Morgan fingerprint density at radius 1 is 1.30 bits per heavy atom. The Morgan fingerprint density at radius 2 is 1.95 bits per heavy atom. The quantitative estimate of drug-likeness (QED) is 0.793. The van der Waals surface area contributed by atoms with Gasteiger partial charge in [-0.05, 0) is 13.8 Å². The molecule has 1 aliphatic rings. The lowest BCUT2D eigenvalue weighted by atomic mass is 10.1. The maximum absolute atomic E-state index is 12.1. The summed E-state index contributed by atoms with van der Waals surface area (Å²) in [6, 6.07) is 7.57. The van der Waals surface area contributed by atoms with Crippen LogP contribution < -0.4 is 0 Å². The molecule has 0 aromatic heterocycles. The topological polar surface area (TPSA) is 54.5 Å². The van der Waals surface area contributed by atoms with Crippen LogP contribution in [-0.4, -0.2) is 49.7 Å². The van der Waals surface area contributed by atoms with Gasteiger partial charge in [0.25, 0.3) is 0 Å². The number of sulfone groups is 1. The first kappa shape index (κ1) is 15.2. The van der Waals surface area contributed by atoms with E-state index in [9.17, 15) is 13.2 Å². The van der Waals surface area contributed by atoms with Crippen molar-refractivity contribution in [2.75, 3.05) is 24.6 Å². The van der Waals surface area contributed by atoms with E-state index in [-0.39, 0.29) is 23.3 Å². The Balaban J connectivity index is 1.89. The van der Waals surface area contributed by atoms with Crippen LogP contribution in [0.2, 0.25) is 0 Å². The zero-order chi connectivity index (χ0) is 14.8. The van der Waals surface area contributed by atoms with Gasteiger partial charge in [-0.3, -0.25) is 9.69 Å². The van der Waals surface area contributed by atoms with Gasteiger partial charge in [0.1, 0.15) is 0 Å². The molecule has 2 rings (SSSR count). The molecule has 0 N–H and O–H groups in total. The van der Waals surface area contributed by atoms with E-state index in [0.29, 0.717) is 19.5 Å². The molecule has 1 unspecified atom stereocenters. The van der Waals surface area contributed by atoms with Gasteiger partial charge < -0.3 is 0 Å². The average molecular weight is 295 g/mol. The molecule has 0 amide bonds. The van der Waals surface area contributed by atoms with Gasteiger partial charge >= 0.3 is 0 Å². The van der Waals surface area contributed by atoms with E-state index >= 15 is 0 Å². The minimum atomic E-state index is -2.89. The number of nitrogens with zero attached hydrogens (tertiary/aromatic N) is 1. The Hall–Kier alpha value is -1.20. The molecular formula is C15H21NO3S. The Morgan fingerprint density at radius 3 is 2.55 bits per heavy atom. The standard InChI is InChI=1S/C15H21NO3S/c1-12-3-5-14(6-4-12)15(17)7-8-16-9-10-20(18,19)11-13(16)2/h3-6,13H,7-11H2,1-2H3. The number of benzene rings is 1. The van der Waals surface area contributed by atoms with Crippen LogP contribution in [0.15, 0.2) is 24.3 Å². The van der Waals surface area contributed by atoms with Crippen molar-refractivity contribution in [2.45, 2.75) is 26.3 Å². The third-order valence-electron chi connectivity index (χ3n) is 3.81. The van der Waals surface area contributed by atoms with Crippen molar-refractivity contribution < 1.29 is 13.2 Å². The van der Waals surface area contributed by atoms with Crippen LogP contribution >= 0.6 is 0 Å². The molecule has 0 spiro atoms. The summed E-state index contributed by atoms with van der Waals surface area (Å²) in [6.45, 7) is 5.06. The first-order valence-corrected chi connectivity index (χ1v) is 8.74. The van der Waals surface area contributed by atoms with E-state index < -0.39 is 9.84 Å². The zero-order valence-electron chi connectivity index (χ0n) is 12.0. The number of carbonyl (C=O) groups is 1. The maximum atomic E-state index is 12.1. The third kappa shape index (κ3) is 3.90. The molecule has 1 aromatic carbocycles. The van der Waals surface area contributed by atoms with Gasteiger partial charge in [-0.15, -0.1) is 0 Å². The zero-order valence-corrected chi connectivity index (χ0v) is 12.8. The van der Waals surface area contributed by atoms with Gasteiger partial charge in [-0.2, -0.15) is 0 Å². The van der Waals surface area contributed by atoms with Crippen molar-refractivity contribution in [2.24, 2.45) is 0 Å². The Kier molecular flexibility index (Phi) is 4.60. The molecular weight excluding hydrogens is 274 g/mol. The van der Waals surface area contributed by atoms with Crippen molar-refractivity contribution in [3.8, 4) is 0 Å². The van der Waals surface area contributed by atoms with Gasteiger partial charge in [0.2, 0.25) is 0 Å². The van der Waals surface area contributed by atoms with Crippen molar-refractivity contribution >= 4 is 15.6 Å². The molecule has 0 saturated carbocycles. The monoisotopic (exact) mass is 295 g/mol. The summed E-state index contributed by atoms with van der Waals surface area (Å²) in [5.74, 6) is 0.521. The average Bonchev–Trinajstić information content (AvgIpc) is 2.37. The summed E-state index contributed by atoms with van der Waals surface area (Å²) in [5, 5.41) is 0. The van der Waals surface area contributed by atoms with Crippen LogP contribution in [0.4, 0.5) is 0 Å². The molecule has 20 heavy (non-hydrogen) atoms. The molecule has 1 fully saturated rings. The van der Waals surface area contributed by atoms with Crippen molar-refractivity contribution in [1.29, 1.82) is 0 Å². The lowest BCUT2D eigenvalue weighted by molar-refractivity contribution is 0.0957. The fourth-order valence-corrected chi connectivity index (χ4v) is 4.12. The second-order valence-electron chi connectivity index (χ2n) is 5.54. The van der Waals surface area contributed by atoms with Crippen LogP contribution in [-0.2, 0) is 9.84 Å². The molecule has 1 aliphatic heterocycles. The summed E-state index contributed by atoms with van der Waals surface area (Å²) in [7, 11) is -2.89. The van der Waals surface area contributed by atoms with E-state index in [1.54, 1.807) is 0 Å². The molecule has 0 bridgehead atoms. The lowest BCUT2D eigenvalue weighted by Crippen LogP contribution is -2.47. The summed E-state index contributed by atoms with van der Waals surface area (Å²) in [4.78, 5) is 14.2. The van der Waals surface area contributed by atoms with E-state index in [1.165, 1.54) is 0 Å². The van der Waals surface area contributed by atoms with Crippen LogP contribution in [0.3, 0.4) is 0 Å². The van der Waals surface area contributed by atoms with Gasteiger partial charge in [0.15, 0.2) is 15.6 Å². The number of rotatable bonds is 4. The van der Waals surface area contributed by atoms with Crippen molar-refractivity contribution in [3.05, 3.63) is 35.4 Å². The highest BCUT2D eigenvalue weighted by Gasteiger charge is 2.28. The fourth-order valence-electron chi connectivity index (χ4n) is 2.49. The first-order valence-electron chi connectivity index (χ1n) is 6.92. The molecule has 5 heteroatoms. The molecule has 4 nitrogen and oxygen atoms in total. The summed E-state index contributed by atoms with van der Waals surface area (Å²) in [5.41, 5.74) is 1.87. The predicted molar refractivity (Wildman–Crippen MR) is 79.8 cm³/mol. The largest absolute Gasteiger partial charge is 0.298 e. The summed E-state index contributed by atoms with van der Waals surface area (Å²) in [6.07, 6.45) is 0.438. The van der Waals surface area contributed by atoms with Crippen molar-refractivity contribution in [3.63, 3.8) is 0 Å². The van der Waals surface area contributed by atoms with Crippen LogP contribution in [0.25, 0.3) is 0 Å². The smallest absolute Gasteiger partial charge is 0.164 e. The number of Topliss-reactive ketones (excluding diaryl/α,β-unsaturated/α-hetero) is 1. The van der Waals surface area contributed by atoms with Crippen LogP contribution in [0, 0.1) is 6.92 Å². The van der Waals surface area contributed by atoms with Crippen LogP contribution in [0.1, 0.15) is 29.3 Å². The van der Waals surface area contributed by atoms with Gasteiger partial charge in [-0.25, -0.2) is 8.42 Å². The van der Waals surface area contributed by atoms with Gasteiger partial charge in [-0.1, -0.05) is 29.8 Å². The molecule has 0 radical (unpaired) electrons. The second-order valence-corrected chi connectivity index (χ2v) is 7.77. The molecule has 1 heterocycles. The third-order valence-corrected chi connectivity index (χ3v) is 5.60. The summed E-state index contributed by atoms with van der Waals surface area (Å²) < 4.78 is 23.0. The number of hydrogen-bond donors (Lipinski definition) is 0.